The van der Waals surface area contributed by atoms with Crippen LogP contribution >= 0.6 is 0 Å². The first-order chi connectivity index (χ1) is 14.2. The summed E-state index contributed by atoms with van der Waals surface area (Å²) in [5, 5.41) is 0. The molecule has 29 heavy (non-hydrogen) atoms. The van der Waals surface area contributed by atoms with Crippen molar-refractivity contribution in [2.75, 3.05) is 39.5 Å². The molecule has 1 saturated heterocycles. The van der Waals surface area contributed by atoms with Crippen molar-refractivity contribution in [1.82, 2.24) is 4.90 Å². The number of ketones is 1. The number of carbonyl (C=O) groups excluding carboxylic acids is 1. The molecule has 1 aliphatic heterocycles. The van der Waals surface area contributed by atoms with E-state index in [1.165, 1.54) is 19.3 Å². The zero-order chi connectivity index (χ0) is 20.2. The van der Waals surface area contributed by atoms with Gasteiger partial charge in [0.25, 0.3) is 0 Å². The maximum Gasteiger partial charge on any atom is 0.194 e. The van der Waals surface area contributed by atoms with Crippen molar-refractivity contribution in [1.29, 1.82) is 0 Å². The molecule has 2 aromatic carbocycles. The third kappa shape index (κ3) is 3.97. The zero-order valence-corrected chi connectivity index (χ0v) is 17.3. The van der Waals surface area contributed by atoms with E-state index in [0.29, 0.717) is 42.4 Å². The first-order valence-electron chi connectivity index (χ1n) is 10.7. The number of rotatable bonds is 8. The van der Waals surface area contributed by atoms with E-state index in [2.05, 4.69) is 4.90 Å². The van der Waals surface area contributed by atoms with Crippen molar-refractivity contribution in [3.05, 3.63) is 41.5 Å². The third-order valence-electron chi connectivity index (χ3n) is 5.57. The second-order valence-electron chi connectivity index (χ2n) is 7.47. The average molecular weight is 395 g/mol. The lowest BCUT2D eigenvalue weighted by Gasteiger charge is -2.26. The summed E-state index contributed by atoms with van der Waals surface area (Å²) in [5.74, 6) is 2.08. The monoisotopic (exact) mass is 395 g/mol. The van der Waals surface area contributed by atoms with Crippen LogP contribution in [0.15, 0.2) is 30.3 Å². The SMILES string of the molecule is CCOc1cc(OCC)c2c(c1)C(=O)c1cccc(OCCN3CCCCC3)c1-2. The van der Waals surface area contributed by atoms with Crippen LogP contribution in [0.5, 0.6) is 17.2 Å². The number of likely N-dealkylation sites (tertiary alicyclic amines) is 1. The normalized spacial score (nSPS) is 15.7. The highest BCUT2D eigenvalue weighted by molar-refractivity contribution is 6.23. The van der Waals surface area contributed by atoms with Gasteiger partial charge in [0, 0.05) is 34.9 Å². The molecule has 0 spiro atoms. The molecule has 5 nitrogen and oxygen atoms in total. The number of carbonyl (C=O) groups is 1. The van der Waals surface area contributed by atoms with Crippen LogP contribution in [-0.4, -0.2) is 50.1 Å². The first kappa shape index (κ1) is 19.8. The van der Waals surface area contributed by atoms with Gasteiger partial charge in [0.15, 0.2) is 5.78 Å². The summed E-state index contributed by atoms with van der Waals surface area (Å²) in [6.07, 6.45) is 3.86. The van der Waals surface area contributed by atoms with Gasteiger partial charge < -0.3 is 14.2 Å². The molecule has 1 aliphatic carbocycles. The molecular weight excluding hydrogens is 366 g/mol. The molecule has 1 heterocycles. The van der Waals surface area contributed by atoms with E-state index in [1.807, 2.05) is 44.2 Å². The minimum absolute atomic E-state index is 0.000938. The lowest BCUT2D eigenvalue weighted by Crippen LogP contribution is -2.33. The molecule has 0 saturated carbocycles. The largest absolute Gasteiger partial charge is 0.494 e. The first-order valence-corrected chi connectivity index (χ1v) is 10.7. The van der Waals surface area contributed by atoms with Crippen LogP contribution < -0.4 is 14.2 Å². The van der Waals surface area contributed by atoms with Crippen molar-refractivity contribution in [2.24, 2.45) is 0 Å². The van der Waals surface area contributed by atoms with Crippen molar-refractivity contribution < 1.29 is 19.0 Å². The van der Waals surface area contributed by atoms with Gasteiger partial charge in [-0.05, 0) is 51.9 Å². The Labute approximate surface area is 172 Å². The third-order valence-corrected chi connectivity index (χ3v) is 5.57. The van der Waals surface area contributed by atoms with Crippen LogP contribution in [0.4, 0.5) is 0 Å². The summed E-state index contributed by atoms with van der Waals surface area (Å²) >= 11 is 0. The molecule has 0 atom stereocenters. The molecule has 0 bridgehead atoms. The number of fused-ring (bicyclic) bond motifs is 3. The number of ether oxygens (including phenoxy) is 3. The Kier molecular flexibility index (Phi) is 6.05. The number of hydrogen-bond donors (Lipinski definition) is 0. The van der Waals surface area contributed by atoms with Crippen LogP contribution in [0.25, 0.3) is 11.1 Å². The van der Waals surface area contributed by atoms with Gasteiger partial charge in [0.05, 0.1) is 13.2 Å². The predicted molar refractivity (Wildman–Crippen MR) is 113 cm³/mol. The van der Waals surface area contributed by atoms with Crippen LogP contribution in [0.2, 0.25) is 0 Å². The van der Waals surface area contributed by atoms with Gasteiger partial charge in [0.2, 0.25) is 0 Å². The van der Waals surface area contributed by atoms with Crippen LogP contribution in [0.3, 0.4) is 0 Å². The molecule has 0 unspecified atom stereocenters. The number of hydrogen-bond acceptors (Lipinski definition) is 5. The highest BCUT2D eigenvalue weighted by Crippen LogP contribution is 2.49. The summed E-state index contributed by atoms with van der Waals surface area (Å²) < 4.78 is 17.7. The predicted octanol–water partition coefficient (Wildman–Crippen LogP) is 4.56. The fourth-order valence-corrected chi connectivity index (χ4v) is 4.26. The highest BCUT2D eigenvalue weighted by atomic mass is 16.5. The molecule has 2 aromatic rings. The van der Waals surface area contributed by atoms with Gasteiger partial charge >= 0.3 is 0 Å². The lowest BCUT2D eigenvalue weighted by atomic mass is 10.0. The van der Waals surface area contributed by atoms with E-state index in [9.17, 15) is 4.79 Å². The summed E-state index contributed by atoms with van der Waals surface area (Å²) in [5.41, 5.74) is 2.97. The van der Waals surface area contributed by atoms with Crippen LogP contribution in [0.1, 0.15) is 49.0 Å². The van der Waals surface area contributed by atoms with Crippen molar-refractivity contribution >= 4 is 5.78 Å². The Bertz CT molecular complexity index is 887. The molecule has 5 heteroatoms. The quantitative estimate of drug-likeness (QED) is 0.560. The minimum atomic E-state index is -0.000938. The van der Waals surface area contributed by atoms with Gasteiger partial charge in [-0.15, -0.1) is 0 Å². The molecular formula is C24H29NO4. The fraction of sp³-hybridized carbons (Fsp3) is 0.458. The maximum atomic E-state index is 13.1. The van der Waals surface area contributed by atoms with E-state index in [1.54, 1.807) is 0 Å². The second-order valence-corrected chi connectivity index (χ2v) is 7.47. The average Bonchev–Trinajstić information content (AvgIpc) is 3.03. The van der Waals surface area contributed by atoms with Gasteiger partial charge in [-0.1, -0.05) is 18.6 Å². The van der Waals surface area contributed by atoms with E-state index >= 15 is 0 Å². The standard InChI is InChI=1S/C24H29NO4/c1-3-27-17-15-19-23(21(16-17)28-4-2)22-18(24(19)26)9-8-10-20(22)29-14-13-25-11-6-5-7-12-25/h8-10,15-16H,3-7,11-14H2,1-2H3. The van der Waals surface area contributed by atoms with E-state index < -0.39 is 0 Å². The molecule has 0 N–H and O–H groups in total. The number of benzene rings is 2. The highest BCUT2D eigenvalue weighted by Gasteiger charge is 2.33. The lowest BCUT2D eigenvalue weighted by molar-refractivity contribution is 0.104. The van der Waals surface area contributed by atoms with Gasteiger partial charge in [-0.25, -0.2) is 0 Å². The molecule has 0 radical (unpaired) electrons. The van der Waals surface area contributed by atoms with Crippen molar-refractivity contribution in [3.8, 4) is 28.4 Å². The molecule has 4 rings (SSSR count). The Hall–Kier alpha value is -2.53. The maximum absolute atomic E-state index is 13.1. The van der Waals surface area contributed by atoms with E-state index in [0.717, 1.165) is 36.5 Å². The number of piperidine rings is 1. The molecule has 0 aromatic heterocycles. The summed E-state index contributed by atoms with van der Waals surface area (Å²) in [7, 11) is 0. The van der Waals surface area contributed by atoms with Gasteiger partial charge in [-0.2, -0.15) is 0 Å². The Morgan fingerprint density at radius 3 is 2.38 bits per heavy atom. The Morgan fingerprint density at radius 1 is 0.862 bits per heavy atom. The Morgan fingerprint density at radius 2 is 1.62 bits per heavy atom. The van der Waals surface area contributed by atoms with Crippen molar-refractivity contribution in [3.63, 3.8) is 0 Å². The number of nitrogens with zero attached hydrogens (tertiary/aromatic N) is 1. The molecule has 0 amide bonds. The van der Waals surface area contributed by atoms with Gasteiger partial charge in [-0.3, -0.25) is 9.69 Å². The summed E-state index contributed by atoms with van der Waals surface area (Å²) in [6, 6.07) is 9.40. The fourth-order valence-electron chi connectivity index (χ4n) is 4.26. The van der Waals surface area contributed by atoms with Gasteiger partial charge in [0.1, 0.15) is 23.9 Å². The molecule has 1 fully saturated rings. The topological polar surface area (TPSA) is 48.0 Å². The second kappa shape index (κ2) is 8.87. The summed E-state index contributed by atoms with van der Waals surface area (Å²) in [6.45, 7) is 8.74. The zero-order valence-electron chi connectivity index (χ0n) is 17.3. The Balaban J connectivity index is 1.64. The summed E-state index contributed by atoms with van der Waals surface area (Å²) in [4.78, 5) is 15.5. The van der Waals surface area contributed by atoms with Crippen LogP contribution in [0, 0.1) is 0 Å². The van der Waals surface area contributed by atoms with E-state index in [4.69, 9.17) is 14.2 Å². The van der Waals surface area contributed by atoms with Crippen LogP contribution in [-0.2, 0) is 0 Å². The van der Waals surface area contributed by atoms with Crippen molar-refractivity contribution in [2.45, 2.75) is 33.1 Å². The smallest absolute Gasteiger partial charge is 0.194 e. The molecule has 2 aliphatic rings. The van der Waals surface area contributed by atoms with E-state index in [-0.39, 0.29) is 5.78 Å². The molecule has 154 valence electrons. The minimum Gasteiger partial charge on any atom is -0.494 e.